The summed E-state index contributed by atoms with van der Waals surface area (Å²) in [5.41, 5.74) is 2.10. The fraction of sp³-hybridized carbons (Fsp3) is 0.750. The number of hydrogen-bond acceptors (Lipinski definition) is 2. The van der Waals surface area contributed by atoms with Crippen molar-refractivity contribution in [2.45, 2.75) is 78.7 Å². The number of ketones is 1. The number of halogens is 1. The van der Waals surface area contributed by atoms with Crippen LogP contribution in [-0.4, -0.2) is 15.6 Å². The number of unbranched alkanes of at least 4 members (excludes halogenated alkanes) is 4. The van der Waals surface area contributed by atoms with Crippen molar-refractivity contribution >= 4 is 21.7 Å². The van der Waals surface area contributed by atoms with E-state index in [4.69, 9.17) is 0 Å². The molecule has 4 heteroatoms. The molecule has 114 valence electrons. The second kappa shape index (κ2) is 9.32. The van der Waals surface area contributed by atoms with Gasteiger partial charge in [0, 0.05) is 19.4 Å². The number of nitrogens with zero attached hydrogens (tertiary/aromatic N) is 2. The van der Waals surface area contributed by atoms with Crippen LogP contribution in [0.25, 0.3) is 0 Å². The Balaban J connectivity index is 2.51. The molecule has 3 nitrogen and oxygen atoms in total. The maximum atomic E-state index is 12.1. The summed E-state index contributed by atoms with van der Waals surface area (Å²) in [6.07, 6.45) is 8.08. The van der Waals surface area contributed by atoms with Crippen LogP contribution < -0.4 is 0 Å². The molecule has 0 saturated heterocycles. The number of Topliss-reactive ketones (excluding diaryl/α,β-unsaturated/α-hetero) is 1. The van der Waals surface area contributed by atoms with Crippen LogP contribution >= 0.6 is 15.9 Å². The lowest BCUT2D eigenvalue weighted by Gasteiger charge is -2.05. The summed E-state index contributed by atoms with van der Waals surface area (Å²) >= 11 is 3.60. The summed E-state index contributed by atoms with van der Waals surface area (Å²) in [5, 5.41) is 4.54. The summed E-state index contributed by atoms with van der Waals surface area (Å²) in [6.45, 7) is 7.18. The quantitative estimate of drug-likeness (QED) is 0.577. The van der Waals surface area contributed by atoms with Gasteiger partial charge in [0.15, 0.2) is 0 Å². The molecule has 0 fully saturated rings. The Morgan fingerprint density at radius 1 is 1.15 bits per heavy atom. The van der Waals surface area contributed by atoms with E-state index in [2.05, 4.69) is 41.8 Å². The molecule has 0 amide bonds. The number of aromatic nitrogens is 2. The predicted molar refractivity (Wildman–Crippen MR) is 87.1 cm³/mol. The number of rotatable bonds is 10. The molecular formula is C16H27BrN2O. The van der Waals surface area contributed by atoms with Gasteiger partial charge in [0.05, 0.1) is 15.9 Å². The van der Waals surface area contributed by atoms with Gasteiger partial charge in [-0.3, -0.25) is 9.48 Å². The first-order valence-electron chi connectivity index (χ1n) is 7.89. The van der Waals surface area contributed by atoms with Gasteiger partial charge in [-0.1, -0.05) is 39.5 Å². The lowest BCUT2D eigenvalue weighted by Crippen LogP contribution is -2.09. The third-order valence-corrected chi connectivity index (χ3v) is 4.53. The van der Waals surface area contributed by atoms with E-state index in [1.807, 2.05) is 4.68 Å². The highest BCUT2D eigenvalue weighted by Crippen LogP contribution is 2.23. The van der Waals surface area contributed by atoms with Gasteiger partial charge in [0.2, 0.25) is 0 Å². The molecule has 1 aromatic rings. The van der Waals surface area contributed by atoms with Crippen LogP contribution in [0, 0.1) is 0 Å². The second-order valence-electron chi connectivity index (χ2n) is 5.26. The Morgan fingerprint density at radius 3 is 2.45 bits per heavy atom. The van der Waals surface area contributed by atoms with Gasteiger partial charge < -0.3 is 0 Å². The standard InChI is InChI=1S/C16H27BrN2O/c1-4-7-8-9-10-11-13(20)12-15-16(17)14(5-2)18-19(15)6-3/h4-12H2,1-3H3. The van der Waals surface area contributed by atoms with Gasteiger partial charge in [-0.15, -0.1) is 0 Å². The van der Waals surface area contributed by atoms with Gasteiger partial charge in [0.25, 0.3) is 0 Å². The molecule has 0 N–H and O–H groups in total. The molecule has 0 radical (unpaired) electrons. The van der Waals surface area contributed by atoms with Gasteiger partial charge >= 0.3 is 0 Å². The van der Waals surface area contributed by atoms with Crippen LogP contribution in [0.5, 0.6) is 0 Å². The molecule has 0 aliphatic rings. The first-order chi connectivity index (χ1) is 9.63. The third-order valence-electron chi connectivity index (χ3n) is 3.62. The summed E-state index contributed by atoms with van der Waals surface area (Å²) in [5.74, 6) is 0.333. The van der Waals surface area contributed by atoms with Crippen molar-refractivity contribution in [1.29, 1.82) is 0 Å². The summed E-state index contributed by atoms with van der Waals surface area (Å²) in [4.78, 5) is 12.1. The lowest BCUT2D eigenvalue weighted by atomic mass is 10.1. The molecule has 0 saturated carbocycles. The van der Waals surface area contributed by atoms with Crippen molar-refractivity contribution in [3.8, 4) is 0 Å². The minimum absolute atomic E-state index is 0.333. The van der Waals surface area contributed by atoms with E-state index in [9.17, 15) is 4.79 Å². The average molecular weight is 343 g/mol. The molecule has 0 bridgehead atoms. The fourth-order valence-electron chi connectivity index (χ4n) is 2.39. The number of carbonyl (C=O) groups excluding carboxylic acids is 1. The molecule has 1 aromatic heterocycles. The third kappa shape index (κ3) is 5.04. The van der Waals surface area contributed by atoms with Crippen molar-refractivity contribution in [1.82, 2.24) is 9.78 Å². The van der Waals surface area contributed by atoms with E-state index in [-0.39, 0.29) is 0 Å². The van der Waals surface area contributed by atoms with E-state index in [1.165, 1.54) is 25.7 Å². The zero-order valence-corrected chi connectivity index (χ0v) is 14.6. The fourth-order valence-corrected chi connectivity index (χ4v) is 3.09. The Morgan fingerprint density at radius 2 is 1.85 bits per heavy atom. The average Bonchev–Trinajstić information content (AvgIpc) is 2.75. The molecule has 1 rings (SSSR count). The smallest absolute Gasteiger partial charge is 0.138 e. The van der Waals surface area contributed by atoms with Crippen LogP contribution in [0.4, 0.5) is 0 Å². The summed E-state index contributed by atoms with van der Waals surface area (Å²) in [7, 11) is 0. The van der Waals surface area contributed by atoms with Gasteiger partial charge in [0.1, 0.15) is 5.78 Å². The highest BCUT2D eigenvalue weighted by Gasteiger charge is 2.16. The number of carbonyl (C=O) groups is 1. The Labute approximate surface area is 131 Å². The minimum atomic E-state index is 0.333. The predicted octanol–water partition coefficient (Wildman–Crippen LogP) is 4.70. The van der Waals surface area contributed by atoms with Crippen molar-refractivity contribution in [3.05, 3.63) is 15.9 Å². The number of hydrogen-bond donors (Lipinski definition) is 0. The van der Waals surface area contributed by atoms with E-state index < -0.39 is 0 Å². The molecule has 0 aliphatic heterocycles. The molecule has 20 heavy (non-hydrogen) atoms. The maximum Gasteiger partial charge on any atom is 0.138 e. The van der Waals surface area contributed by atoms with Crippen molar-refractivity contribution in [2.75, 3.05) is 0 Å². The SMILES string of the molecule is CCCCCCCC(=O)Cc1c(Br)c(CC)nn1CC. The second-order valence-corrected chi connectivity index (χ2v) is 6.05. The zero-order valence-electron chi connectivity index (χ0n) is 13.0. The molecular weight excluding hydrogens is 316 g/mol. The summed E-state index contributed by atoms with van der Waals surface area (Å²) in [6, 6.07) is 0. The van der Waals surface area contributed by atoms with Crippen molar-refractivity contribution < 1.29 is 4.79 Å². The van der Waals surface area contributed by atoms with E-state index in [0.717, 1.165) is 35.2 Å². The van der Waals surface area contributed by atoms with E-state index in [1.54, 1.807) is 0 Å². The number of aryl methyl sites for hydroxylation is 2. The highest BCUT2D eigenvalue weighted by atomic mass is 79.9. The van der Waals surface area contributed by atoms with Gasteiger partial charge in [-0.05, 0) is 35.7 Å². The van der Waals surface area contributed by atoms with E-state index in [0.29, 0.717) is 18.6 Å². The van der Waals surface area contributed by atoms with Crippen LogP contribution in [0.15, 0.2) is 4.47 Å². The van der Waals surface area contributed by atoms with Crippen molar-refractivity contribution in [2.24, 2.45) is 0 Å². The highest BCUT2D eigenvalue weighted by molar-refractivity contribution is 9.10. The topological polar surface area (TPSA) is 34.9 Å². The lowest BCUT2D eigenvalue weighted by molar-refractivity contribution is -0.118. The van der Waals surface area contributed by atoms with Gasteiger partial charge in [-0.25, -0.2) is 0 Å². The largest absolute Gasteiger partial charge is 0.299 e. The molecule has 1 heterocycles. The van der Waals surface area contributed by atoms with Crippen molar-refractivity contribution in [3.63, 3.8) is 0 Å². The zero-order chi connectivity index (χ0) is 15.0. The van der Waals surface area contributed by atoms with E-state index >= 15 is 0 Å². The molecule has 0 atom stereocenters. The van der Waals surface area contributed by atoms with Gasteiger partial charge in [-0.2, -0.15) is 5.10 Å². The molecule has 0 aromatic carbocycles. The summed E-state index contributed by atoms with van der Waals surface area (Å²) < 4.78 is 2.99. The molecule has 0 spiro atoms. The minimum Gasteiger partial charge on any atom is -0.299 e. The molecule has 0 unspecified atom stereocenters. The van der Waals surface area contributed by atoms with Crippen LogP contribution in [0.3, 0.4) is 0 Å². The Bertz CT molecular complexity index is 426. The van der Waals surface area contributed by atoms with Crippen LogP contribution in [0.1, 0.15) is 70.7 Å². The Hall–Kier alpha value is -0.640. The normalized spacial score (nSPS) is 11.0. The Kier molecular flexibility index (Phi) is 8.12. The maximum absolute atomic E-state index is 12.1. The first-order valence-corrected chi connectivity index (χ1v) is 8.69. The monoisotopic (exact) mass is 342 g/mol. The van der Waals surface area contributed by atoms with Crippen LogP contribution in [-0.2, 0) is 24.2 Å². The van der Waals surface area contributed by atoms with Crippen LogP contribution in [0.2, 0.25) is 0 Å². The first kappa shape index (κ1) is 17.4. The molecule has 0 aliphatic carbocycles.